The van der Waals surface area contributed by atoms with Crippen molar-refractivity contribution >= 4 is 18.3 Å². The maximum absolute atomic E-state index is 12.0. The smallest absolute Gasteiger partial charge is 0.226 e. The minimum absolute atomic E-state index is 0. The second-order valence-electron chi connectivity index (χ2n) is 5.74. The van der Waals surface area contributed by atoms with Crippen LogP contribution in [0.1, 0.15) is 58.3 Å². The molecule has 0 aromatic rings. The Morgan fingerprint density at radius 3 is 2.24 bits per heavy atom. The summed E-state index contributed by atoms with van der Waals surface area (Å²) >= 11 is 0. The highest BCUT2D eigenvalue weighted by Crippen LogP contribution is 2.48. The van der Waals surface area contributed by atoms with Gasteiger partial charge in [-0.3, -0.25) is 4.79 Å². The van der Waals surface area contributed by atoms with Crippen LogP contribution in [-0.4, -0.2) is 18.0 Å². The first-order valence-corrected chi connectivity index (χ1v) is 6.67. The van der Waals surface area contributed by atoms with Crippen LogP contribution in [0, 0.1) is 5.41 Å². The van der Waals surface area contributed by atoms with E-state index in [1.807, 2.05) is 0 Å². The Balaban J connectivity index is 0.00000144. The van der Waals surface area contributed by atoms with Crippen molar-refractivity contribution in [1.82, 2.24) is 5.32 Å². The molecule has 1 amide bonds. The Hall–Kier alpha value is -0.280. The second-order valence-corrected chi connectivity index (χ2v) is 5.74. The highest BCUT2D eigenvalue weighted by atomic mass is 35.5. The molecule has 2 aliphatic carbocycles. The molecule has 0 aliphatic heterocycles. The van der Waals surface area contributed by atoms with Crippen molar-refractivity contribution in [3.05, 3.63) is 0 Å². The van der Waals surface area contributed by atoms with Crippen LogP contribution in [0.25, 0.3) is 0 Å². The standard InChI is InChI=1S/C13H24N2O.ClH/c1-2-12(8-9-12)11(16)15-10-13(14)6-4-3-5-7-13;/h2-10,14H2,1H3,(H,15,16);1H. The highest BCUT2D eigenvalue weighted by molar-refractivity contribution is 5.85. The zero-order chi connectivity index (χ0) is 11.6. The molecule has 3 nitrogen and oxygen atoms in total. The average molecular weight is 261 g/mol. The predicted octanol–water partition coefficient (Wildman–Crippen LogP) is 2.38. The molecule has 0 heterocycles. The summed E-state index contributed by atoms with van der Waals surface area (Å²) in [6, 6.07) is 0. The molecule has 0 spiro atoms. The molecule has 2 aliphatic rings. The van der Waals surface area contributed by atoms with Crippen molar-refractivity contribution in [3.8, 4) is 0 Å². The molecule has 2 rings (SSSR count). The number of amides is 1. The molecular weight excluding hydrogens is 236 g/mol. The van der Waals surface area contributed by atoms with Crippen molar-refractivity contribution in [3.63, 3.8) is 0 Å². The third-order valence-corrected chi connectivity index (χ3v) is 4.46. The number of nitrogens with two attached hydrogens (primary N) is 1. The van der Waals surface area contributed by atoms with E-state index in [9.17, 15) is 4.79 Å². The molecular formula is C13H25ClN2O. The number of nitrogens with one attached hydrogen (secondary N) is 1. The van der Waals surface area contributed by atoms with E-state index in [4.69, 9.17) is 5.73 Å². The number of halogens is 1. The van der Waals surface area contributed by atoms with Gasteiger partial charge in [0.2, 0.25) is 5.91 Å². The summed E-state index contributed by atoms with van der Waals surface area (Å²) in [7, 11) is 0. The van der Waals surface area contributed by atoms with E-state index in [0.29, 0.717) is 6.54 Å². The Bertz CT molecular complexity index is 271. The van der Waals surface area contributed by atoms with Gasteiger partial charge in [0.25, 0.3) is 0 Å². The van der Waals surface area contributed by atoms with Crippen LogP contribution in [0.5, 0.6) is 0 Å². The van der Waals surface area contributed by atoms with Crippen LogP contribution in [0.3, 0.4) is 0 Å². The van der Waals surface area contributed by atoms with Crippen molar-refractivity contribution in [1.29, 1.82) is 0 Å². The fourth-order valence-electron chi connectivity index (χ4n) is 2.77. The normalized spacial score (nSPS) is 24.6. The highest BCUT2D eigenvalue weighted by Gasteiger charge is 2.48. The number of carbonyl (C=O) groups excluding carboxylic acids is 1. The summed E-state index contributed by atoms with van der Waals surface area (Å²) in [6.45, 7) is 2.78. The van der Waals surface area contributed by atoms with Crippen molar-refractivity contribution < 1.29 is 4.79 Å². The van der Waals surface area contributed by atoms with Crippen molar-refractivity contribution in [2.24, 2.45) is 11.1 Å². The molecule has 0 aromatic heterocycles. The first-order chi connectivity index (χ1) is 7.60. The van der Waals surface area contributed by atoms with E-state index < -0.39 is 0 Å². The molecule has 2 fully saturated rings. The second kappa shape index (κ2) is 5.57. The predicted molar refractivity (Wildman–Crippen MR) is 72.2 cm³/mol. The summed E-state index contributed by atoms with van der Waals surface area (Å²) in [5.41, 5.74) is 6.15. The number of carbonyl (C=O) groups is 1. The maximum atomic E-state index is 12.0. The minimum atomic E-state index is -0.127. The molecule has 17 heavy (non-hydrogen) atoms. The summed E-state index contributed by atoms with van der Waals surface area (Å²) in [6.07, 6.45) is 8.94. The molecule has 3 N–H and O–H groups in total. The van der Waals surface area contributed by atoms with Crippen molar-refractivity contribution in [2.45, 2.75) is 63.8 Å². The van der Waals surface area contributed by atoms with Gasteiger partial charge >= 0.3 is 0 Å². The van der Waals surface area contributed by atoms with Crippen LogP contribution in [0.2, 0.25) is 0 Å². The topological polar surface area (TPSA) is 55.1 Å². The monoisotopic (exact) mass is 260 g/mol. The lowest BCUT2D eigenvalue weighted by Crippen LogP contribution is -2.52. The van der Waals surface area contributed by atoms with Gasteiger partial charge in [0.1, 0.15) is 0 Å². The lowest BCUT2D eigenvalue weighted by atomic mass is 9.82. The summed E-state index contributed by atoms with van der Waals surface area (Å²) in [4.78, 5) is 12.0. The van der Waals surface area contributed by atoms with Gasteiger partial charge in [-0.15, -0.1) is 12.4 Å². The zero-order valence-corrected chi connectivity index (χ0v) is 11.6. The molecule has 0 radical (unpaired) electrons. The van der Waals surface area contributed by atoms with Gasteiger partial charge in [-0.05, 0) is 32.1 Å². The molecule has 2 saturated carbocycles. The number of hydrogen-bond donors (Lipinski definition) is 2. The Labute approximate surface area is 110 Å². The van der Waals surface area contributed by atoms with Crippen LogP contribution >= 0.6 is 12.4 Å². The Kier molecular flexibility index (Phi) is 4.85. The number of hydrogen-bond acceptors (Lipinski definition) is 2. The van der Waals surface area contributed by atoms with Crippen molar-refractivity contribution in [2.75, 3.05) is 6.54 Å². The SMILES string of the molecule is CCC1(C(=O)NCC2(N)CCCCC2)CC1.Cl. The number of rotatable bonds is 4. The largest absolute Gasteiger partial charge is 0.354 e. The molecule has 0 unspecified atom stereocenters. The third kappa shape index (κ3) is 3.35. The van der Waals surface area contributed by atoms with Gasteiger partial charge in [-0.25, -0.2) is 0 Å². The van der Waals surface area contributed by atoms with E-state index in [1.165, 1.54) is 19.3 Å². The first kappa shape index (κ1) is 14.8. The van der Waals surface area contributed by atoms with Crippen LogP contribution in [-0.2, 0) is 4.79 Å². The Morgan fingerprint density at radius 1 is 1.18 bits per heavy atom. The molecule has 0 saturated heterocycles. The van der Waals surface area contributed by atoms with Gasteiger partial charge in [0.05, 0.1) is 0 Å². The van der Waals surface area contributed by atoms with E-state index in [-0.39, 0.29) is 29.3 Å². The van der Waals surface area contributed by atoms with Crippen LogP contribution in [0.4, 0.5) is 0 Å². The van der Waals surface area contributed by atoms with E-state index in [0.717, 1.165) is 32.1 Å². The van der Waals surface area contributed by atoms with Gasteiger partial charge in [-0.2, -0.15) is 0 Å². The van der Waals surface area contributed by atoms with E-state index in [2.05, 4.69) is 12.2 Å². The van der Waals surface area contributed by atoms with Gasteiger partial charge < -0.3 is 11.1 Å². The van der Waals surface area contributed by atoms with Gasteiger partial charge in [0, 0.05) is 17.5 Å². The summed E-state index contributed by atoms with van der Waals surface area (Å²) in [5.74, 6) is 0.241. The summed E-state index contributed by atoms with van der Waals surface area (Å²) in [5, 5.41) is 3.08. The van der Waals surface area contributed by atoms with Gasteiger partial charge in [0.15, 0.2) is 0 Å². The van der Waals surface area contributed by atoms with Gasteiger partial charge in [-0.1, -0.05) is 26.2 Å². The third-order valence-electron chi connectivity index (χ3n) is 4.46. The lowest BCUT2D eigenvalue weighted by Gasteiger charge is -2.34. The molecule has 0 bridgehead atoms. The fraction of sp³-hybridized carbons (Fsp3) is 0.923. The van der Waals surface area contributed by atoms with E-state index in [1.54, 1.807) is 0 Å². The molecule has 4 heteroatoms. The minimum Gasteiger partial charge on any atom is -0.354 e. The molecule has 100 valence electrons. The van der Waals surface area contributed by atoms with Crippen LogP contribution in [0.15, 0.2) is 0 Å². The lowest BCUT2D eigenvalue weighted by molar-refractivity contribution is -0.126. The summed E-state index contributed by atoms with van der Waals surface area (Å²) < 4.78 is 0. The molecule has 0 aromatic carbocycles. The van der Waals surface area contributed by atoms with E-state index >= 15 is 0 Å². The maximum Gasteiger partial charge on any atom is 0.226 e. The zero-order valence-electron chi connectivity index (χ0n) is 10.8. The Morgan fingerprint density at radius 2 is 1.76 bits per heavy atom. The first-order valence-electron chi connectivity index (χ1n) is 6.67. The molecule has 0 atom stereocenters. The van der Waals surface area contributed by atoms with Crippen LogP contribution < -0.4 is 11.1 Å². The average Bonchev–Trinajstić information content (AvgIpc) is 3.08. The fourth-order valence-corrected chi connectivity index (χ4v) is 2.77. The quantitative estimate of drug-likeness (QED) is 0.816.